The van der Waals surface area contributed by atoms with Crippen LogP contribution >= 0.6 is 12.4 Å². The molecule has 3 rings (SSSR count). The number of hydrogen-bond acceptors (Lipinski definition) is 4. The first-order valence-corrected chi connectivity index (χ1v) is 10.00. The molecule has 1 aliphatic rings. The van der Waals surface area contributed by atoms with Gasteiger partial charge in [0.2, 0.25) is 10.0 Å². The molecule has 142 valence electrons. The highest BCUT2D eigenvalue weighted by Crippen LogP contribution is 2.24. The van der Waals surface area contributed by atoms with Gasteiger partial charge in [-0.3, -0.25) is 0 Å². The summed E-state index contributed by atoms with van der Waals surface area (Å²) in [4.78, 5) is 0.259. The van der Waals surface area contributed by atoms with Crippen molar-refractivity contribution in [2.75, 3.05) is 13.1 Å². The summed E-state index contributed by atoms with van der Waals surface area (Å²) in [5.74, 6) is 1.62. The van der Waals surface area contributed by atoms with E-state index in [2.05, 4.69) is 17.0 Å². The maximum atomic E-state index is 12.6. The number of benzene rings is 2. The van der Waals surface area contributed by atoms with E-state index in [1.165, 1.54) is 0 Å². The zero-order valence-electron chi connectivity index (χ0n) is 14.9. The molecule has 26 heavy (non-hydrogen) atoms. The van der Waals surface area contributed by atoms with Crippen molar-refractivity contribution in [2.45, 2.75) is 31.2 Å². The Morgan fingerprint density at radius 1 is 1.12 bits per heavy atom. The number of rotatable bonds is 5. The van der Waals surface area contributed by atoms with Gasteiger partial charge in [-0.05, 0) is 74.3 Å². The van der Waals surface area contributed by atoms with Crippen LogP contribution in [-0.4, -0.2) is 27.5 Å². The van der Waals surface area contributed by atoms with Crippen molar-refractivity contribution in [3.63, 3.8) is 0 Å². The van der Waals surface area contributed by atoms with E-state index in [1.807, 2.05) is 31.2 Å². The second kappa shape index (κ2) is 8.86. The minimum absolute atomic E-state index is 0. The number of hydrogen-bond donors (Lipinski definition) is 2. The van der Waals surface area contributed by atoms with E-state index < -0.39 is 10.0 Å². The van der Waals surface area contributed by atoms with E-state index in [-0.39, 0.29) is 29.3 Å². The molecule has 5 nitrogen and oxygen atoms in total. The van der Waals surface area contributed by atoms with Gasteiger partial charge >= 0.3 is 0 Å². The highest BCUT2D eigenvalue weighted by molar-refractivity contribution is 7.89. The Morgan fingerprint density at radius 2 is 1.85 bits per heavy atom. The molecule has 1 saturated heterocycles. The minimum atomic E-state index is -3.52. The molecule has 1 heterocycles. The fraction of sp³-hybridized carbons (Fsp3) is 0.368. The van der Waals surface area contributed by atoms with Gasteiger partial charge in [0, 0.05) is 6.04 Å². The van der Waals surface area contributed by atoms with Gasteiger partial charge in [0.05, 0.1) is 4.90 Å². The Bertz CT molecular complexity index is 825. The Hall–Kier alpha value is -1.60. The lowest BCUT2D eigenvalue weighted by atomic mass is 9.97. The number of halogens is 1. The molecule has 0 aromatic heterocycles. The summed E-state index contributed by atoms with van der Waals surface area (Å²) in [5.41, 5.74) is 1.11. The van der Waals surface area contributed by atoms with Crippen LogP contribution < -0.4 is 14.8 Å². The van der Waals surface area contributed by atoms with E-state index in [9.17, 15) is 8.42 Å². The average Bonchev–Trinajstić information content (AvgIpc) is 2.57. The largest absolute Gasteiger partial charge is 0.457 e. The Morgan fingerprint density at radius 3 is 2.50 bits per heavy atom. The predicted molar refractivity (Wildman–Crippen MR) is 106 cm³/mol. The lowest BCUT2D eigenvalue weighted by Gasteiger charge is -2.29. The van der Waals surface area contributed by atoms with Gasteiger partial charge in [-0.1, -0.05) is 19.1 Å². The Labute approximate surface area is 161 Å². The van der Waals surface area contributed by atoms with Crippen molar-refractivity contribution in [1.82, 2.24) is 10.0 Å². The van der Waals surface area contributed by atoms with E-state index >= 15 is 0 Å². The molecule has 2 N–H and O–H groups in total. The maximum Gasteiger partial charge on any atom is 0.240 e. The standard InChI is InChI=1S/C19H24N2O3S.ClH/c1-14-4-3-5-17(12-14)24-16-6-8-18(9-7-16)25(22,23)21-19-10-11-20-13-15(19)2;/h3-9,12,15,19-21H,10-11,13H2,1-2H3;1H. The first-order valence-electron chi connectivity index (χ1n) is 8.52. The van der Waals surface area contributed by atoms with Crippen molar-refractivity contribution in [3.05, 3.63) is 54.1 Å². The lowest BCUT2D eigenvalue weighted by Crippen LogP contribution is -2.48. The van der Waals surface area contributed by atoms with Gasteiger partial charge in [-0.25, -0.2) is 13.1 Å². The highest BCUT2D eigenvalue weighted by Gasteiger charge is 2.26. The summed E-state index contributed by atoms with van der Waals surface area (Å²) in [6, 6.07) is 14.2. The van der Waals surface area contributed by atoms with Crippen LogP contribution in [0.3, 0.4) is 0 Å². The third-order valence-corrected chi connectivity index (χ3v) is 5.96. The van der Waals surface area contributed by atoms with Crippen LogP contribution in [0.5, 0.6) is 11.5 Å². The second-order valence-electron chi connectivity index (χ2n) is 6.59. The molecule has 2 aromatic rings. The van der Waals surface area contributed by atoms with Crippen molar-refractivity contribution < 1.29 is 13.2 Å². The highest BCUT2D eigenvalue weighted by atomic mass is 35.5. The van der Waals surface area contributed by atoms with E-state index in [4.69, 9.17) is 4.74 Å². The van der Waals surface area contributed by atoms with Crippen LogP contribution in [0.4, 0.5) is 0 Å². The molecule has 0 aliphatic carbocycles. The van der Waals surface area contributed by atoms with Gasteiger partial charge in [0.25, 0.3) is 0 Å². The van der Waals surface area contributed by atoms with Gasteiger partial charge < -0.3 is 10.1 Å². The van der Waals surface area contributed by atoms with Gasteiger partial charge in [0.15, 0.2) is 0 Å². The van der Waals surface area contributed by atoms with E-state index in [1.54, 1.807) is 24.3 Å². The van der Waals surface area contributed by atoms with Crippen molar-refractivity contribution in [1.29, 1.82) is 0 Å². The lowest BCUT2D eigenvalue weighted by molar-refractivity contribution is 0.328. The summed E-state index contributed by atoms with van der Waals surface area (Å²) in [6.45, 7) is 5.71. The zero-order valence-corrected chi connectivity index (χ0v) is 16.6. The zero-order chi connectivity index (χ0) is 17.9. The molecule has 7 heteroatoms. The molecule has 1 aliphatic heterocycles. The molecular formula is C19H25ClN2O3S. The number of ether oxygens (including phenoxy) is 1. The monoisotopic (exact) mass is 396 g/mol. The summed E-state index contributed by atoms with van der Waals surface area (Å²) in [5, 5.41) is 3.27. The minimum Gasteiger partial charge on any atom is -0.457 e. The predicted octanol–water partition coefficient (Wildman–Crippen LogP) is 3.49. The quantitative estimate of drug-likeness (QED) is 0.811. The van der Waals surface area contributed by atoms with Crippen molar-refractivity contribution in [2.24, 2.45) is 5.92 Å². The van der Waals surface area contributed by atoms with Crippen LogP contribution in [0.2, 0.25) is 0 Å². The van der Waals surface area contributed by atoms with E-state index in [0.717, 1.165) is 30.8 Å². The normalized spacial score (nSPS) is 20.2. The van der Waals surface area contributed by atoms with Crippen molar-refractivity contribution in [3.8, 4) is 11.5 Å². The van der Waals surface area contributed by atoms with Crippen LogP contribution in [0.25, 0.3) is 0 Å². The van der Waals surface area contributed by atoms with Gasteiger partial charge in [-0.15, -0.1) is 12.4 Å². The molecule has 2 aromatic carbocycles. The summed E-state index contributed by atoms with van der Waals surface area (Å²) in [7, 11) is -3.52. The summed E-state index contributed by atoms with van der Waals surface area (Å²) in [6.07, 6.45) is 0.801. The molecule has 0 saturated carbocycles. The van der Waals surface area contributed by atoms with Gasteiger partial charge in [0.1, 0.15) is 11.5 Å². The van der Waals surface area contributed by atoms with Crippen LogP contribution in [0.15, 0.2) is 53.4 Å². The number of nitrogens with one attached hydrogen (secondary N) is 2. The average molecular weight is 397 g/mol. The SMILES string of the molecule is Cc1cccc(Oc2ccc(S(=O)(=O)NC3CCNCC3C)cc2)c1.Cl. The first-order chi connectivity index (χ1) is 11.9. The van der Waals surface area contributed by atoms with Crippen molar-refractivity contribution >= 4 is 22.4 Å². The smallest absolute Gasteiger partial charge is 0.240 e. The van der Waals surface area contributed by atoms with Crippen LogP contribution in [-0.2, 0) is 10.0 Å². The molecule has 0 amide bonds. The fourth-order valence-electron chi connectivity index (χ4n) is 2.96. The summed E-state index contributed by atoms with van der Waals surface area (Å²) < 4.78 is 33.8. The van der Waals surface area contributed by atoms with Gasteiger partial charge in [-0.2, -0.15) is 0 Å². The molecular weight excluding hydrogens is 372 g/mol. The second-order valence-corrected chi connectivity index (χ2v) is 8.30. The molecule has 2 atom stereocenters. The maximum absolute atomic E-state index is 12.6. The van der Waals surface area contributed by atoms with Crippen LogP contribution in [0, 0.1) is 12.8 Å². The molecule has 0 bridgehead atoms. The summed E-state index contributed by atoms with van der Waals surface area (Å²) >= 11 is 0. The number of sulfonamides is 1. The van der Waals surface area contributed by atoms with Crippen LogP contribution in [0.1, 0.15) is 18.9 Å². The topological polar surface area (TPSA) is 67.4 Å². The number of aryl methyl sites for hydroxylation is 1. The molecule has 0 radical (unpaired) electrons. The van der Waals surface area contributed by atoms with E-state index in [0.29, 0.717) is 5.75 Å². The Balaban J connectivity index is 0.00000243. The molecule has 2 unspecified atom stereocenters. The fourth-order valence-corrected chi connectivity index (χ4v) is 4.34. The third-order valence-electron chi connectivity index (χ3n) is 4.45. The molecule has 0 spiro atoms. The Kier molecular flexibility index (Phi) is 7.06. The number of piperidine rings is 1. The third kappa shape index (κ3) is 5.20. The first kappa shape index (κ1) is 20.7. The molecule has 1 fully saturated rings.